The van der Waals surface area contributed by atoms with Crippen molar-refractivity contribution in [2.75, 3.05) is 16.3 Å². The maximum absolute atomic E-state index is 4.22. The summed E-state index contributed by atoms with van der Waals surface area (Å²) in [7, 11) is 0. The van der Waals surface area contributed by atoms with Crippen molar-refractivity contribution in [3.05, 3.63) is 114 Å². The predicted octanol–water partition coefficient (Wildman–Crippen LogP) is 9.75. The molecule has 0 N–H and O–H groups in total. The Morgan fingerprint density at radius 3 is 2.26 bits per heavy atom. The van der Waals surface area contributed by atoms with Crippen molar-refractivity contribution in [2.24, 2.45) is 5.92 Å². The first-order chi connectivity index (χ1) is 19.9. The molecule has 0 amide bonds. The van der Waals surface area contributed by atoms with Gasteiger partial charge in [0.25, 0.3) is 0 Å². The van der Waals surface area contributed by atoms with Crippen molar-refractivity contribution in [2.45, 2.75) is 84.5 Å². The number of pyridine rings is 1. The van der Waals surface area contributed by atoms with Crippen LogP contribution in [0.4, 0.5) is 17.1 Å². The molecule has 1 aromatic heterocycles. The van der Waals surface area contributed by atoms with Crippen LogP contribution in [0.5, 0.6) is 0 Å². The third kappa shape index (κ3) is 5.47. The van der Waals surface area contributed by atoms with Crippen LogP contribution < -0.4 is 9.80 Å². The van der Waals surface area contributed by atoms with Crippen LogP contribution in [0, 0.1) is 24.7 Å². The van der Waals surface area contributed by atoms with Crippen LogP contribution in [0.3, 0.4) is 0 Å². The summed E-state index contributed by atoms with van der Waals surface area (Å²) >= 11 is 0. The van der Waals surface area contributed by atoms with Crippen molar-refractivity contribution in [3.63, 3.8) is 0 Å². The van der Waals surface area contributed by atoms with Crippen molar-refractivity contribution in [1.82, 2.24) is 4.98 Å². The van der Waals surface area contributed by atoms with Gasteiger partial charge in [-0.15, -0.1) is 52.6 Å². The van der Waals surface area contributed by atoms with Gasteiger partial charge < -0.3 is 14.8 Å². The van der Waals surface area contributed by atoms with Crippen molar-refractivity contribution >= 4 is 17.1 Å². The zero-order valence-corrected chi connectivity index (χ0v) is 29.3. The van der Waals surface area contributed by atoms with Crippen LogP contribution in [0.1, 0.15) is 90.5 Å². The third-order valence-corrected chi connectivity index (χ3v) is 9.46. The summed E-state index contributed by atoms with van der Waals surface area (Å²) in [6.45, 7) is 22.5. The van der Waals surface area contributed by atoms with Gasteiger partial charge in [-0.05, 0) is 53.1 Å². The normalized spacial score (nSPS) is 18.1. The Bertz CT molecular complexity index is 1550. The summed E-state index contributed by atoms with van der Waals surface area (Å²) in [5, 5.41) is 0. The monoisotopic (exact) mass is 747 g/mol. The van der Waals surface area contributed by atoms with Gasteiger partial charge in [-0.3, -0.25) is 0 Å². The van der Waals surface area contributed by atoms with E-state index in [2.05, 4.69) is 113 Å². The van der Waals surface area contributed by atoms with E-state index in [0.29, 0.717) is 5.92 Å². The summed E-state index contributed by atoms with van der Waals surface area (Å²) in [6, 6.07) is 29.8. The first kappa shape index (κ1) is 31.5. The van der Waals surface area contributed by atoms with Gasteiger partial charge in [-0.2, -0.15) is 18.8 Å². The van der Waals surface area contributed by atoms with Gasteiger partial charge in [0.2, 0.25) is 0 Å². The Morgan fingerprint density at radius 2 is 1.58 bits per heavy atom. The Hall–Kier alpha value is -2.94. The van der Waals surface area contributed by atoms with Gasteiger partial charge in [-0.1, -0.05) is 97.2 Å². The van der Waals surface area contributed by atoms with Crippen molar-refractivity contribution in [3.8, 4) is 11.3 Å². The van der Waals surface area contributed by atoms with Gasteiger partial charge in [0.15, 0.2) is 0 Å². The van der Waals surface area contributed by atoms with Crippen LogP contribution in [0.2, 0.25) is 0 Å². The van der Waals surface area contributed by atoms with Gasteiger partial charge in [-0.25, -0.2) is 0 Å². The number of benzene rings is 3. The Morgan fingerprint density at radius 1 is 0.837 bits per heavy atom. The minimum atomic E-state index is -0.0502. The SMILES string of the molecule is CC(C)CN1[CH-]N2c3[c-]cc4c(c3C(C)(C)c3cccc1c32)C(C)(C)CCC4(C)C.[Ir+3].[c-]1ccccc1-c1ccccn1. The second kappa shape index (κ2) is 11.5. The molecule has 224 valence electrons. The van der Waals surface area contributed by atoms with Crippen LogP contribution in [-0.2, 0) is 36.4 Å². The molecule has 2 aliphatic heterocycles. The molecule has 7 rings (SSSR count). The summed E-state index contributed by atoms with van der Waals surface area (Å²) in [5.74, 6) is 0.609. The van der Waals surface area contributed by atoms with E-state index in [9.17, 15) is 0 Å². The van der Waals surface area contributed by atoms with E-state index in [1.54, 1.807) is 11.8 Å². The fraction of sp³-hybridized carbons (Fsp3) is 0.385. The van der Waals surface area contributed by atoms with E-state index in [1.165, 1.54) is 46.6 Å². The number of nitrogens with zero attached hydrogens (tertiary/aromatic N) is 3. The standard InChI is InChI=1S/C28H36N2.C11H8N.Ir/c1-18(2)16-29-17-30-21-13-12-19-23(27(5,6)15-14-26(19,3)4)24(21)28(7,8)20-10-9-11-22(29)25(20)30;1-2-6-10(7-3-1)11-8-4-5-9-12-11;/h9-12,17-18H,14-16H2,1-8H3;1-6,8-9H;/q-2;-1;+3. The molecule has 1 aliphatic carbocycles. The minimum absolute atomic E-state index is 0. The molecule has 0 saturated carbocycles. The zero-order chi connectivity index (χ0) is 29.9. The smallest absolute Gasteiger partial charge is 0.501 e. The number of rotatable bonds is 3. The topological polar surface area (TPSA) is 19.4 Å². The van der Waals surface area contributed by atoms with Crippen LogP contribution in [0.25, 0.3) is 11.3 Å². The quantitative estimate of drug-likeness (QED) is 0.195. The second-order valence-electron chi connectivity index (χ2n) is 14.4. The van der Waals surface area contributed by atoms with Gasteiger partial charge in [0.05, 0.1) is 0 Å². The van der Waals surface area contributed by atoms with E-state index in [-0.39, 0.29) is 36.4 Å². The van der Waals surface area contributed by atoms with E-state index >= 15 is 0 Å². The molecule has 3 heterocycles. The van der Waals surface area contributed by atoms with E-state index < -0.39 is 0 Å². The van der Waals surface area contributed by atoms with E-state index in [0.717, 1.165) is 17.8 Å². The molecule has 3 nitrogen and oxygen atoms in total. The first-order valence-electron chi connectivity index (χ1n) is 15.4. The van der Waals surface area contributed by atoms with Gasteiger partial charge in [0, 0.05) is 17.6 Å². The zero-order valence-electron chi connectivity index (χ0n) is 26.9. The van der Waals surface area contributed by atoms with Crippen molar-refractivity contribution in [1.29, 1.82) is 0 Å². The number of para-hydroxylation sites is 1. The number of fused-ring (bicyclic) bond motifs is 4. The largest absolute Gasteiger partial charge is 3.00 e. The van der Waals surface area contributed by atoms with E-state index in [1.807, 2.05) is 42.5 Å². The Balaban J connectivity index is 0.000000238. The molecule has 0 unspecified atom stereocenters. The van der Waals surface area contributed by atoms with Crippen LogP contribution in [0.15, 0.2) is 72.9 Å². The molecule has 0 spiro atoms. The maximum Gasteiger partial charge on any atom is 3.00 e. The van der Waals surface area contributed by atoms with Crippen LogP contribution >= 0.6 is 0 Å². The molecule has 3 aliphatic rings. The summed E-state index contributed by atoms with van der Waals surface area (Å²) in [4.78, 5) is 9.10. The molecule has 3 aromatic carbocycles. The molecule has 0 radical (unpaired) electrons. The first-order valence-corrected chi connectivity index (χ1v) is 15.4. The molecule has 0 atom stereocenters. The number of anilines is 3. The Kier molecular flexibility index (Phi) is 8.44. The molecule has 4 heteroatoms. The average molecular weight is 747 g/mol. The van der Waals surface area contributed by atoms with E-state index in [4.69, 9.17) is 0 Å². The Labute approximate surface area is 273 Å². The number of aromatic nitrogens is 1. The predicted molar refractivity (Wildman–Crippen MR) is 176 cm³/mol. The van der Waals surface area contributed by atoms with Gasteiger partial charge >= 0.3 is 20.1 Å². The molecule has 0 bridgehead atoms. The molecule has 43 heavy (non-hydrogen) atoms. The number of hydrogen-bond donors (Lipinski definition) is 0. The third-order valence-electron chi connectivity index (χ3n) is 9.46. The fourth-order valence-electron chi connectivity index (χ4n) is 7.16. The molecule has 0 fully saturated rings. The maximum atomic E-state index is 4.22. The average Bonchev–Trinajstić information content (AvgIpc) is 3.33. The van der Waals surface area contributed by atoms with Crippen LogP contribution in [-0.4, -0.2) is 11.5 Å². The van der Waals surface area contributed by atoms with Crippen molar-refractivity contribution < 1.29 is 20.1 Å². The molecular formula is C39H44IrN3. The summed E-state index contributed by atoms with van der Waals surface area (Å²) in [6.07, 6.45) is 4.25. The fourth-order valence-corrected chi connectivity index (χ4v) is 7.16. The minimum Gasteiger partial charge on any atom is -0.501 e. The summed E-state index contributed by atoms with van der Waals surface area (Å²) in [5.41, 5.74) is 12.3. The molecule has 0 saturated heterocycles. The number of hydrogen-bond acceptors (Lipinski definition) is 3. The molecular weight excluding hydrogens is 703 g/mol. The second-order valence-corrected chi connectivity index (χ2v) is 14.4. The summed E-state index contributed by atoms with van der Waals surface area (Å²) < 4.78 is 0. The molecule has 4 aromatic rings. The van der Waals surface area contributed by atoms with Gasteiger partial charge in [0.1, 0.15) is 0 Å².